The molecule has 1 aliphatic rings. The molecule has 210 valence electrons. The molecular weight excluding hydrogens is 532 g/mol. The molecule has 3 aromatic rings. The van der Waals surface area contributed by atoms with Crippen molar-refractivity contribution in [3.63, 3.8) is 0 Å². The van der Waals surface area contributed by atoms with Crippen LogP contribution in [0.25, 0.3) is 0 Å². The molecule has 4 rings (SSSR count). The van der Waals surface area contributed by atoms with Crippen LogP contribution in [0.2, 0.25) is 0 Å². The van der Waals surface area contributed by atoms with E-state index in [1.165, 1.54) is 0 Å². The van der Waals surface area contributed by atoms with Gasteiger partial charge in [0.2, 0.25) is 5.91 Å². The molecule has 40 heavy (non-hydrogen) atoms. The summed E-state index contributed by atoms with van der Waals surface area (Å²) in [5.74, 6) is -1.19. The van der Waals surface area contributed by atoms with Gasteiger partial charge in [-0.05, 0) is 30.2 Å². The number of carbonyl (C=O) groups excluding carboxylic acids is 4. The van der Waals surface area contributed by atoms with Crippen molar-refractivity contribution >= 4 is 40.1 Å². The normalized spacial score (nSPS) is 16.4. The maximum Gasteiger partial charge on any atom is 0.325 e. The van der Waals surface area contributed by atoms with E-state index in [2.05, 4.69) is 15.6 Å². The summed E-state index contributed by atoms with van der Waals surface area (Å²) in [5, 5.41) is 7.23. The number of benzene rings is 2. The molecule has 1 aromatic heterocycles. The third-order valence-electron chi connectivity index (χ3n) is 6.57. The number of urea groups is 1. The first-order chi connectivity index (χ1) is 19.3. The topological polar surface area (TPSA) is 127 Å². The van der Waals surface area contributed by atoms with Gasteiger partial charge < -0.3 is 20.1 Å². The molecule has 11 heteroatoms. The Labute approximate surface area is 236 Å². The Kier molecular flexibility index (Phi) is 9.62. The lowest BCUT2D eigenvalue weighted by Gasteiger charge is -2.29. The van der Waals surface area contributed by atoms with Gasteiger partial charge in [-0.25, -0.2) is 14.7 Å². The fraction of sp³-hybridized carbons (Fsp3) is 0.345. The number of hydrogen-bond donors (Lipinski definition) is 2. The number of anilines is 1. The van der Waals surface area contributed by atoms with Gasteiger partial charge in [-0.1, -0.05) is 56.3 Å². The van der Waals surface area contributed by atoms with Crippen molar-refractivity contribution in [1.29, 1.82) is 0 Å². The Hall–Kier alpha value is -4.09. The van der Waals surface area contributed by atoms with E-state index < -0.39 is 35.8 Å². The fourth-order valence-corrected chi connectivity index (χ4v) is 5.15. The van der Waals surface area contributed by atoms with Gasteiger partial charge in [0.05, 0.1) is 6.61 Å². The molecule has 1 saturated heterocycles. The molecule has 2 N–H and O–H groups in total. The van der Waals surface area contributed by atoms with Crippen molar-refractivity contribution in [2.45, 2.75) is 45.2 Å². The Morgan fingerprint density at radius 3 is 2.48 bits per heavy atom. The number of imide groups is 1. The average molecular weight is 565 g/mol. The van der Waals surface area contributed by atoms with Crippen LogP contribution in [0, 0.1) is 0 Å². The minimum atomic E-state index is -1.17. The first kappa shape index (κ1) is 28.9. The summed E-state index contributed by atoms with van der Waals surface area (Å²) in [6.07, 6.45) is 0.287. The van der Waals surface area contributed by atoms with Gasteiger partial charge in [-0.3, -0.25) is 14.4 Å². The van der Waals surface area contributed by atoms with E-state index in [1.54, 1.807) is 43.5 Å². The highest BCUT2D eigenvalue weighted by Gasteiger charge is 2.47. The SMILES string of the molecule is CCOCCOc1ccc([C@H]2NC(=O)N([C@H](C(=O)Nc3nc(C(=O)CC)cs3)[C@@H](C)c3ccccc3)C2=O)cc1. The quantitative estimate of drug-likeness (QED) is 0.177. The van der Waals surface area contributed by atoms with Crippen molar-refractivity contribution in [3.05, 3.63) is 76.8 Å². The second-order valence-electron chi connectivity index (χ2n) is 9.15. The maximum atomic E-state index is 13.7. The number of Topliss-reactive ketones (excluding diaryl/α,β-unsaturated/α-hetero) is 1. The van der Waals surface area contributed by atoms with Gasteiger partial charge in [0, 0.05) is 24.3 Å². The van der Waals surface area contributed by atoms with Gasteiger partial charge in [-0.15, -0.1) is 11.3 Å². The Morgan fingerprint density at radius 1 is 1.07 bits per heavy atom. The van der Waals surface area contributed by atoms with Crippen LogP contribution < -0.4 is 15.4 Å². The third-order valence-corrected chi connectivity index (χ3v) is 7.33. The zero-order valence-electron chi connectivity index (χ0n) is 22.6. The summed E-state index contributed by atoms with van der Waals surface area (Å²) in [5.41, 5.74) is 1.60. The highest BCUT2D eigenvalue weighted by molar-refractivity contribution is 7.14. The summed E-state index contributed by atoms with van der Waals surface area (Å²) in [6.45, 7) is 6.88. The lowest BCUT2D eigenvalue weighted by Crippen LogP contribution is -2.50. The third kappa shape index (κ3) is 6.54. The van der Waals surface area contributed by atoms with E-state index in [-0.39, 0.29) is 23.0 Å². The minimum Gasteiger partial charge on any atom is -0.491 e. The van der Waals surface area contributed by atoms with Crippen LogP contribution in [-0.2, 0) is 14.3 Å². The summed E-state index contributed by atoms with van der Waals surface area (Å²) in [4.78, 5) is 57.8. The van der Waals surface area contributed by atoms with Crippen LogP contribution in [-0.4, -0.2) is 59.4 Å². The molecular formula is C29H32N4O6S. The summed E-state index contributed by atoms with van der Waals surface area (Å²) in [6, 6.07) is 13.2. The lowest BCUT2D eigenvalue weighted by atomic mass is 9.91. The highest BCUT2D eigenvalue weighted by Crippen LogP contribution is 2.32. The molecule has 1 fully saturated rings. The Balaban J connectivity index is 1.57. The van der Waals surface area contributed by atoms with E-state index in [0.717, 1.165) is 21.8 Å². The Bertz CT molecular complexity index is 1340. The largest absolute Gasteiger partial charge is 0.491 e. The van der Waals surface area contributed by atoms with Crippen LogP contribution in [0.1, 0.15) is 60.8 Å². The summed E-state index contributed by atoms with van der Waals surface area (Å²) in [7, 11) is 0. The van der Waals surface area contributed by atoms with Crippen LogP contribution in [0.15, 0.2) is 60.0 Å². The number of carbonyl (C=O) groups is 4. The monoisotopic (exact) mass is 564 g/mol. The number of rotatable bonds is 13. The fourth-order valence-electron chi connectivity index (χ4n) is 4.43. The molecule has 0 radical (unpaired) electrons. The number of aromatic nitrogens is 1. The van der Waals surface area contributed by atoms with E-state index in [4.69, 9.17) is 9.47 Å². The number of ketones is 1. The van der Waals surface area contributed by atoms with E-state index in [9.17, 15) is 19.2 Å². The number of thiazole rings is 1. The van der Waals surface area contributed by atoms with Gasteiger partial charge in [-0.2, -0.15) is 0 Å². The number of nitrogens with one attached hydrogen (secondary N) is 2. The molecule has 1 aliphatic heterocycles. The zero-order chi connectivity index (χ0) is 28.6. The number of amides is 4. The molecule has 2 heterocycles. The Morgan fingerprint density at radius 2 is 1.80 bits per heavy atom. The van der Waals surface area contributed by atoms with Gasteiger partial charge >= 0.3 is 6.03 Å². The second kappa shape index (κ2) is 13.3. The molecule has 0 saturated carbocycles. The lowest BCUT2D eigenvalue weighted by molar-refractivity contribution is -0.134. The maximum absolute atomic E-state index is 13.7. The van der Waals surface area contributed by atoms with E-state index in [0.29, 0.717) is 31.1 Å². The smallest absolute Gasteiger partial charge is 0.325 e. The molecule has 0 spiro atoms. The van der Waals surface area contributed by atoms with Gasteiger partial charge in [0.25, 0.3) is 5.91 Å². The molecule has 4 amide bonds. The van der Waals surface area contributed by atoms with Gasteiger partial charge in [0.15, 0.2) is 10.9 Å². The first-order valence-corrected chi connectivity index (χ1v) is 14.0. The number of hydrogen-bond acceptors (Lipinski definition) is 8. The summed E-state index contributed by atoms with van der Waals surface area (Å²) >= 11 is 1.11. The van der Waals surface area contributed by atoms with Crippen LogP contribution >= 0.6 is 11.3 Å². The predicted molar refractivity (Wildman–Crippen MR) is 151 cm³/mol. The second-order valence-corrected chi connectivity index (χ2v) is 10.0. The van der Waals surface area contributed by atoms with Crippen molar-refractivity contribution in [2.75, 3.05) is 25.1 Å². The molecule has 2 aromatic carbocycles. The van der Waals surface area contributed by atoms with Crippen molar-refractivity contribution in [1.82, 2.24) is 15.2 Å². The zero-order valence-corrected chi connectivity index (χ0v) is 23.4. The van der Waals surface area contributed by atoms with Crippen LogP contribution in [0.3, 0.4) is 0 Å². The molecule has 0 bridgehead atoms. The van der Waals surface area contributed by atoms with Crippen LogP contribution in [0.5, 0.6) is 5.75 Å². The standard InChI is InChI=1S/C29H32N4O6S/c1-4-23(34)22-17-40-28(30-22)32-26(35)25(18(3)19-9-7-6-8-10-19)33-27(36)24(31-29(33)37)20-11-13-21(14-12-20)39-16-15-38-5-2/h6-14,17-18,24-25H,4-5,15-16H2,1-3H3,(H,31,37)(H,30,32,35)/t18-,24+,25-/m0/s1. The number of nitrogens with zero attached hydrogens (tertiary/aromatic N) is 2. The first-order valence-electron chi connectivity index (χ1n) is 13.1. The van der Waals surface area contributed by atoms with E-state index >= 15 is 0 Å². The molecule has 0 aliphatic carbocycles. The van der Waals surface area contributed by atoms with Crippen molar-refractivity contribution in [2.24, 2.45) is 0 Å². The minimum absolute atomic E-state index is 0.145. The highest BCUT2D eigenvalue weighted by atomic mass is 32.1. The average Bonchev–Trinajstić information content (AvgIpc) is 3.55. The van der Waals surface area contributed by atoms with Crippen LogP contribution in [0.4, 0.5) is 9.93 Å². The molecule has 3 atom stereocenters. The van der Waals surface area contributed by atoms with E-state index in [1.807, 2.05) is 37.3 Å². The predicted octanol–water partition coefficient (Wildman–Crippen LogP) is 4.56. The van der Waals surface area contributed by atoms with Crippen molar-refractivity contribution in [3.8, 4) is 5.75 Å². The number of ether oxygens (including phenoxy) is 2. The molecule has 0 unspecified atom stereocenters. The molecule has 10 nitrogen and oxygen atoms in total. The van der Waals surface area contributed by atoms with Crippen molar-refractivity contribution < 1.29 is 28.7 Å². The summed E-state index contributed by atoms with van der Waals surface area (Å²) < 4.78 is 10.9. The van der Waals surface area contributed by atoms with Gasteiger partial charge in [0.1, 0.15) is 30.1 Å².